The van der Waals surface area contributed by atoms with Gasteiger partial charge in [-0.3, -0.25) is 0 Å². The molecular weight excluding hydrogens is 340 g/mol. The summed E-state index contributed by atoms with van der Waals surface area (Å²) in [5, 5.41) is 0. The summed E-state index contributed by atoms with van der Waals surface area (Å²) in [5.74, 6) is 0.468. The van der Waals surface area contributed by atoms with E-state index in [1.54, 1.807) is 19.3 Å². The van der Waals surface area contributed by atoms with Gasteiger partial charge in [0.15, 0.2) is 0 Å². The third-order valence-corrected chi connectivity index (χ3v) is 4.56. The van der Waals surface area contributed by atoms with Gasteiger partial charge in [-0.15, -0.1) is 0 Å². The van der Waals surface area contributed by atoms with Crippen LogP contribution in [0.15, 0.2) is 61.2 Å². The Hall–Kier alpha value is -2.85. The van der Waals surface area contributed by atoms with Gasteiger partial charge < -0.3 is 14.2 Å². The molecule has 1 aliphatic carbocycles. The van der Waals surface area contributed by atoms with Gasteiger partial charge in [-0.05, 0) is 59.4 Å². The van der Waals surface area contributed by atoms with Gasteiger partial charge in [0.2, 0.25) is 0 Å². The highest BCUT2D eigenvalue weighted by Crippen LogP contribution is 2.35. The predicted octanol–water partition coefficient (Wildman–Crippen LogP) is 4.64. The normalized spacial score (nSPS) is 15.5. The van der Waals surface area contributed by atoms with Crippen molar-refractivity contribution in [3.63, 3.8) is 0 Å². The molecule has 1 aliphatic rings. The molecule has 140 valence electrons. The Morgan fingerprint density at radius 1 is 1.22 bits per heavy atom. The maximum Gasteiger partial charge on any atom is 0.331 e. The Morgan fingerprint density at radius 2 is 2.04 bits per heavy atom. The number of aryl methyl sites for hydroxylation is 1. The lowest BCUT2D eigenvalue weighted by Gasteiger charge is -2.14. The number of esters is 1. The van der Waals surface area contributed by atoms with Crippen LogP contribution >= 0.6 is 0 Å². The molecule has 0 saturated heterocycles. The highest BCUT2D eigenvalue weighted by atomic mass is 16.5. The molecule has 0 radical (unpaired) electrons. The van der Waals surface area contributed by atoms with Crippen LogP contribution in [0, 0.1) is 0 Å². The minimum Gasteiger partial charge on any atom is -0.497 e. The fraction of sp³-hybridized carbons (Fsp3) is 0.261. The highest BCUT2D eigenvalue weighted by molar-refractivity contribution is 5.87. The topological polar surface area (TPSA) is 44.8 Å². The Labute approximate surface area is 160 Å². The highest BCUT2D eigenvalue weighted by Gasteiger charge is 2.23. The number of carbonyl (C=O) groups excluding carboxylic acids is 1. The summed E-state index contributed by atoms with van der Waals surface area (Å²) in [6.07, 6.45) is 6.81. The molecule has 1 atom stereocenters. The molecular formula is C23H24O4. The standard InChI is InChI=1S/C23H24O4/c1-3-14-26-23(24)13-7-17-4-8-19-9-12-22(21(19)15-17)27-16-18-5-10-20(25-2)11-6-18/h3-8,10-11,13,15,22H,1,9,12,14,16H2,2H3/b13-7+. The van der Waals surface area contributed by atoms with Crippen LogP contribution in [-0.2, 0) is 27.3 Å². The average molecular weight is 364 g/mol. The largest absolute Gasteiger partial charge is 0.497 e. The SMILES string of the molecule is C=CCOC(=O)/C=C/c1ccc2c(c1)C(OCc1ccc(OC)cc1)CC2. The summed E-state index contributed by atoms with van der Waals surface area (Å²) < 4.78 is 16.3. The first-order chi connectivity index (χ1) is 13.2. The van der Waals surface area contributed by atoms with E-state index in [1.807, 2.05) is 30.3 Å². The zero-order valence-corrected chi connectivity index (χ0v) is 15.5. The number of fused-ring (bicyclic) bond motifs is 1. The summed E-state index contributed by atoms with van der Waals surface area (Å²) >= 11 is 0. The van der Waals surface area contributed by atoms with E-state index in [-0.39, 0.29) is 18.7 Å². The summed E-state index contributed by atoms with van der Waals surface area (Å²) in [6, 6.07) is 14.1. The number of hydrogen-bond acceptors (Lipinski definition) is 4. The van der Waals surface area contributed by atoms with Crippen molar-refractivity contribution >= 4 is 12.0 Å². The first-order valence-electron chi connectivity index (χ1n) is 9.02. The summed E-state index contributed by atoms with van der Waals surface area (Å²) in [7, 11) is 1.66. The van der Waals surface area contributed by atoms with Crippen molar-refractivity contribution in [2.75, 3.05) is 13.7 Å². The molecule has 1 unspecified atom stereocenters. The number of methoxy groups -OCH3 is 1. The van der Waals surface area contributed by atoms with Gasteiger partial charge >= 0.3 is 5.97 Å². The van der Waals surface area contributed by atoms with Crippen LogP contribution < -0.4 is 4.74 Å². The number of rotatable bonds is 8. The second-order valence-corrected chi connectivity index (χ2v) is 6.40. The van der Waals surface area contributed by atoms with Crippen LogP contribution in [0.25, 0.3) is 6.08 Å². The number of carbonyl (C=O) groups is 1. The van der Waals surface area contributed by atoms with Crippen LogP contribution in [0.1, 0.15) is 34.8 Å². The van der Waals surface area contributed by atoms with Crippen LogP contribution in [0.3, 0.4) is 0 Å². The Balaban J connectivity index is 1.63. The van der Waals surface area contributed by atoms with Crippen molar-refractivity contribution in [1.82, 2.24) is 0 Å². The van der Waals surface area contributed by atoms with E-state index in [1.165, 1.54) is 17.2 Å². The van der Waals surface area contributed by atoms with E-state index in [2.05, 4.69) is 18.7 Å². The summed E-state index contributed by atoms with van der Waals surface area (Å²) in [5.41, 5.74) is 4.58. The number of benzene rings is 2. The van der Waals surface area contributed by atoms with Crippen molar-refractivity contribution in [3.8, 4) is 5.75 Å². The van der Waals surface area contributed by atoms with Crippen molar-refractivity contribution < 1.29 is 19.0 Å². The van der Waals surface area contributed by atoms with E-state index in [0.29, 0.717) is 6.61 Å². The lowest BCUT2D eigenvalue weighted by Crippen LogP contribution is -2.01. The van der Waals surface area contributed by atoms with E-state index in [4.69, 9.17) is 14.2 Å². The lowest BCUT2D eigenvalue weighted by molar-refractivity contribution is -0.136. The monoisotopic (exact) mass is 364 g/mol. The van der Waals surface area contributed by atoms with E-state index < -0.39 is 0 Å². The predicted molar refractivity (Wildman–Crippen MR) is 105 cm³/mol. The minimum atomic E-state index is -0.372. The molecule has 4 heteroatoms. The summed E-state index contributed by atoms with van der Waals surface area (Å²) in [6.45, 7) is 4.30. The van der Waals surface area contributed by atoms with Gasteiger partial charge in [-0.25, -0.2) is 4.79 Å². The molecule has 27 heavy (non-hydrogen) atoms. The van der Waals surface area contributed by atoms with E-state index in [0.717, 1.165) is 29.7 Å². The molecule has 2 aromatic rings. The third kappa shape index (κ3) is 5.08. The molecule has 0 N–H and O–H groups in total. The molecule has 0 spiro atoms. The zero-order chi connectivity index (χ0) is 19.1. The van der Waals surface area contributed by atoms with Gasteiger partial charge in [0, 0.05) is 6.08 Å². The molecule has 0 saturated carbocycles. The Kier molecular flexibility index (Phi) is 6.44. The van der Waals surface area contributed by atoms with Crippen molar-refractivity contribution in [2.24, 2.45) is 0 Å². The first kappa shape index (κ1) is 18.9. The molecule has 0 amide bonds. The number of ether oxygens (including phenoxy) is 3. The van der Waals surface area contributed by atoms with Crippen molar-refractivity contribution in [3.05, 3.63) is 83.4 Å². The summed E-state index contributed by atoms with van der Waals surface area (Å²) in [4.78, 5) is 11.6. The molecule has 0 fully saturated rings. The van der Waals surface area contributed by atoms with Crippen LogP contribution in [-0.4, -0.2) is 19.7 Å². The van der Waals surface area contributed by atoms with Crippen molar-refractivity contribution in [1.29, 1.82) is 0 Å². The smallest absolute Gasteiger partial charge is 0.331 e. The molecule has 0 aliphatic heterocycles. The second-order valence-electron chi connectivity index (χ2n) is 6.40. The van der Waals surface area contributed by atoms with E-state index in [9.17, 15) is 4.79 Å². The molecule has 0 heterocycles. The molecule has 3 rings (SSSR count). The third-order valence-electron chi connectivity index (χ3n) is 4.56. The number of hydrogen-bond donors (Lipinski definition) is 0. The van der Waals surface area contributed by atoms with Gasteiger partial charge in [0.25, 0.3) is 0 Å². The molecule has 0 bridgehead atoms. The van der Waals surface area contributed by atoms with Crippen molar-refractivity contribution in [2.45, 2.75) is 25.6 Å². The van der Waals surface area contributed by atoms with Crippen LogP contribution in [0.4, 0.5) is 0 Å². The molecule has 4 nitrogen and oxygen atoms in total. The maximum atomic E-state index is 11.6. The lowest BCUT2D eigenvalue weighted by atomic mass is 10.0. The van der Waals surface area contributed by atoms with Gasteiger partial charge in [0.05, 0.1) is 19.8 Å². The first-order valence-corrected chi connectivity index (χ1v) is 9.02. The van der Waals surface area contributed by atoms with Gasteiger partial charge in [0.1, 0.15) is 12.4 Å². The van der Waals surface area contributed by atoms with Gasteiger partial charge in [-0.1, -0.05) is 36.9 Å². The molecule has 2 aromatic carbocycles. The van der Waals surface area contributed by atoms with Gasteiger partial charge in [-0.2, -0.15) is 0 Å². The zero-order valence-electron chi connectivity index (χ0n) is 15.5. The van der Waals surface area contributed by atoms with Crippen LogP contribution in [0.5, 0.6) is 5.75 Å². The maximum absolute atomic E-state index is 11.6. The van der Waals surface area contributed by atoms with Crippen LogP contribution in [0.2, 0.25) is 0 Å². The Bertz CT molecular complexity index is 821. The Morgan fingerprint density at radius 3 is 2.78 bits per heavy atom. The minimum absolute atomic E-state index is 0.0724. The second kappa shape index (κ2) is 9.19. The average Bonchev–Trinajstić information content (AvgIpc) is 3.11. The fourth-order valence-corrected chi connectivity index (χ4v) is 3.13. The fourth-order valence-electron chi connectivity index (χ4n) is 3.13. The van der Waals surface area contributed by atoms with E-state index >= 15 is 0 Å². The molecule has 0 aromatic heterocycles. The quantitative estimate of drug-likeness (QED) is 0.389.